The van der Waals surface area contributed by atoms with E-state index in [0.717, 1.165) is 23.4 Å². The SMILES string of the molecule is CNc1ccc(C(=O)NCC2(SC)CC2)c(C)c1. The molecule has 1 aliphatic rings. The fraction of sp³-hybridized carbons (Fsp3) is 0.500. The van der Waals surface area contributed by atoms with E-state index >= 15 is 0 Å². The van der Waals surface area contributed by atoms with Gasteiger partial charge in [0.15, 0.2) is 0 Å². The molecule has 0 radical (unpaired) electrons. The predicted octanol–water partition coefficient (Wildman–Crippen LogP) is 2.66. The molecule has 1 aromatic rings. The van der Waals surface area contributed by atoms with Crippen LogP contribution in [0, 0.1) is 6.92 Å². The van der Waals surface area contributed by atoms with E-state index in [2.05, 4.69) is 16.9 Å². The molecule has 4 heteroatoms. The van der Waals surface area contributed by atoms with Gasteiger partial charge in [0.05, 0.1) is 0 Å². The maximum absolute atomic E-state index is 12.1. The van der Waals surface area contributed by atoms with Crippen molar-refractivity contribution < 1.29 is 4.79 Å². The number of nitrogens with one attached hydrogen (secondary N) is 2. The van der Waals surface area contributed by atoms with E-state index in [1.54, 1.807) is 0 Å². The van der Waals surface area contributed by atoms with Crippen molar-refractivity contribution in [2.45, 2.75) is 24.5 Å². The summed E-state index contributed by atoms with van der Waals surface area (Å²) in [6, 6.07) is 5.81. The second-order valence-electron chi connectivity index (χ2n) is 4.85. The van der Waals surface area contributed by atoms with Crippen LogP contribution in [0.5, 0.6) is 0 Å². The number of benzene rings is 1. The lowest BCUT2D eigenvalue weighted by molar-refractivity contribution is 0.0952. The minimum atomic E-state index is 0.0375. The smallest absolute Gasteiger partial charge is 0.251 e. The third kappa shape index (κ3) is 2.80. The molecule has 0 unspecified atom stereocenters. The fourth-order valence-electron chi connectivity index (χ4n) is 2.00. The van der Waals surface area contributed by atoms with E-state index in [1.807, 2.05) is 43.9 Å². The predicted molar refractivity (Wildman–Crippen MR) is 78.5 cm³/mol. The summed E-state index contributed by atoms with van der Waals surface area (Å²) in [5.41, 5.74) is 2.81. The van der Waals surface area contributed by atoms with Gasteiger partial charge in [0.1, 0.15) is 0 Å². The largest absolute Gasteiger partial charge is 0.388 e. The molecule has 1 amide bonds. The minimum Gasteiger partial charge on any atom is -0.388 e. The molecule has 1 aliphatic carbocycles. The Morgan fingerprint density at radius 2 is 2.17 bits per heavy atom. The number of rotatable bonds is 5. The van der Waals surface area contributed by atoms with Crippen molar-refractivity contribution in [1.82, 2.24) is 5.32 Å². The van der Waals surface area contributed by atoms with E-state index in [1.165, 1.54) is 12.8 Å². The van der Waals surface area contributed by atoms with Crippen molar-refractivity contribution in [3.63, 3.8) is 0 Å². The Labute approximate surface area is 113 Å². The van der Waals surface area contributed by atoms with E-state index in [-0.39, 0.29) is 5.91 Å². The lowest BCUT2D eigenvalue weighted by Crippen LogP contribution is -2.32. The summed E-state index contributed by atoms with van der Waals surface area (Å²) in [5.74, 6) is 0.0375. The second-order valence-corrected chi connectivity index (χ2v) is 6.12. The van der Waals surface area contributed by atoms with Crippen molar-refractivity contribution in [2.75, 3.05) is 25.2 Å². The molecule has 3 nitrogen and oxygen atoms in total. The van der Waals surface area contributed by atoms with Gasteiger partial charge in [-0.1, -0.05) is 0 Å². The fourth-order valence-corrected chi connectivity index (χ4v) is 2.73. The van der Waals surface area contributed by atoms with Gasteiger partial charge in [0, 0.05) is 29.6 Å². The van der Waals surface area contributed by atoms with Crippen LogP contribution in [0.25, 0.3) is 0 Å². The van der Waals surface area contributed by atoms with Gasteiger partial charge < -0.3 is 10.6 Å². The molecule has 0 aromatic heterocycles. The average Bonchev–Trinajstić information content (AvgIpc) is 3.16. The van der Waals surface area contributed by atoms with Crippen LogP contribution in [-0.4, -0.2) is 30.5 Å². The monoisotopic (exact) mass is 264 g/mol. The van der Waals surface area contributed by atoms with Crippen LogP contribution < -0.4 is 10.6 Å². The molecule has 0 heterocycles. The summed E-state index contributed by atoms with van der Waals surface area (Å²) < 4.78 is 0.314. The molecular weight excluding hydrogens is 244 g/mol. The number of carbonyl (C=O) groups excluding carboxylic acids is 1. The standard InChI is InChI=1S/C14H20N2OS/c1-10-8-11(15-2)4-5-12(10)13(17)16-9-14(18-3)6-7-14/h4-5,8,15H,6-7,9H2,1-3H3,(H,16,17). The Bertz CT molecular complexity index is 455. The lowest BCUT2D eigenvalue weighted by Gasteiger charge is -2.14. The van der Waals surface area contributed by atoms with Crippen LogP contribution in [-0.2, 0) is 0 Å². The van der Waals surface area contributed by atoms with Crippen molar-refractivity contribution in [1.29, 1.82) is 0 Å². The molecule has 0 saturated heterocycles. The maximum Gasteiger partial charge on any atom is 0.251 e. The summed E-state index contributed by atoms with van der Waals surface area (Å²) in [4.78, 5) is 12.1. The van der Waals surface area contributed by atoms with Crippen LogP contribution >= 0.6 is 11.8 Å². The summed E-state index contributed by atoms with van der Waals surface area (Å²) in [6.07, 6.45) is 4.55. The zero-order valence-corrected chi connectivity index (χ0v) is 12.0. The number of aryl methyl sites for hydroxylation is 1. The Morgan fingerprint density at radius 3 is 2.67 bits per heavy atom. The highest BCUT2D eigenvalue weighted by atomic mass is 32.2. The van der Waals surface area contributed by atoms with E-state index < -0.39 is 0 Å². The molecular formula is C14H20N2OS. The minimum absolute atomic E-state index is 0.0375. The van der Waals surface area contributed by atoms with E-state index in [9.17, 15) is 4.79 Å². The van der Waals surface area contributed by atoms with E-state index in [0.29, 0.717) is 4.75 Å². The molecule has 1 aromatic carbocycles. The summed E-state index contributed by atoms with van der Waals surface area (Å²) >= 11 is 1.86. The van der Waals surface area contributed by atoms with Gasteiger partial charge in [0.2, 0.25) is 0 Å². The Kier molecular flexibility index (Phi) is 3.85. The number of thioether (sulfide) groups is 1. The highest BCUT2D eigenvalue weighted by Crippen LogP contribution is 2.46. The first-order chi connectivity index (χ1) is 8.60. The molecule has 2 N–H and O–H groups in total. The molecule has 0 spiro atoms. The third-order valence-corrected chi connectivity index (χ3v) is 4.99. The first-order valence-electron chi connectivity index (χ1n) is 6.22. The van der Waals surface area contributed by atoms with Gasteiger partial charge in [-0.3, -0.25) is 4.79 Å². The van der Waals surface area contributed by atoms with Crippen molar-refractivity contribution in [2.24, 2.45) is 0 Å². The van der Waals surface area contributed by atoms with Crippen LogP contribution in [0.4, 0.5) is 5.69 Å². The van der Waals surface area contributed by atoms with Crippen molar-refractivity contribution in [3.05, 3.63) is 29.3 Å². The molecule has 1 fully saturated rings. The molecule has 98 valence electrons. The van der Waals surface area contributed by atoms with Gasteiger partial charge in [0.25, 0.3) is 5.91 Å². The number of carbonyl (C=O) groups is 1. The zero-order valence-electron chi connectivity index (χ0n) is 11.2. The molecule has 0 bridgehead atoms. The third-order valence-electron chi connectivity index (χ3n) is 3.57. The molecule has 2 rings (SSSR count). The molecule has 18 heavy (non-hydrogen) atoms. The molecule has 1 saturated carbocycles. The van der Waals surface area contributed by atoms with E-state index in [4.69, 9.17) is 0 Å². The number of amides is 1. The number of anilines is 1. The average molecular weight is 264 g/mol. The zero-order chi connectivity index (χ0) is 13.2. The summed E-state index contributed by atoms with van der Waals surface area (Å²) in [7, 11) is 1.88. The quantitative estimate of drug-likeness (QED) is 0.859. The highest BCUT2D eigenvalue weighted by molar-refractivity contribution is 8.00. The Hall–Kier alpha value is -1.16. The lowest BCUT2D eigenvalue weighted by atomic mass is 10.1. The molecule has 0 aliphatic heterocycles. The van der Waals surface area contributed by atoms with Crippen LogP contribution in [0.15, 0.2) is 18.2 Å². The van der Waals surface area contributed by atoms with Gasteiger partial charge in [-0.2, -0.15) is 11.8 Å². The maximum atomic E-state index is 12.1. The second kappa shape index (κ2) is 5.22. The van der Waals surface area contributed by atoms with Crippen LogP contribution in [0.2, 0.25) is 0 Å². The first kappa shape index (κ1) is 13.3. The summed E-state index contributed by atoms with van der Waals surface area (Å²) in [5, 5.41) is 6.13. The topological polar surface area (TPSA) is 41.1 Å². The van der Waals surface area contributed by atoms with Gasteiger partial charge in [-0.15, -0.1) is 0 Å². The summed E-state index contributed by atoms with van der Waals surface area (Å²) in [6.45, 7) is 2.75. The van der Waals surface area contributed by atoms with Crippen LogP contribution in [0.3, 0.4) is 0 Å². The number of hydrogen-bond acceptors (Lipinski definition) is 3. The highest BCUT2D eigenvalue weighted by Gasteiger charge is 2.41. The Morgan fingerprint density at radius 1 is 1.44 bits per heavy atom. The number of hydrogen-bond donors (Lipinski definition) is 2. The van der Waals surface area contributed by atoms with Gasteiger partial charge in [-0.05, 0) is 49.8 Å². The molecule has 0 atom stereocenters. The van der Waals surface area contributed by atoms with Gasteiger partial charge in [-0.25, -0.2) is 0 Å². The van der Waals surface area contributed by atoms with Crippen LogP contribution in [0.1, 0.15) is 28.8 Å². The first-order valence-corrected chi connectivity index (χ1v) is 7.44. The van der Waals surface area contributed by atoms with Gasteiger partial charge >= 0.3 is 0 Å². The normalized spacial score (nSPS) is 16.2. The van der Waals surface area contributed by atoms with Crippen molar-refractivity contribution >= 4 is 23.4 Å². The van der Waals surface area contributed by atoms with Crippen molar-refractivity contribution in [3.8, 4) is 0 Å². The Balaban J connectivity index is 2.00.